The largest absolute Gasteiger partial charge is 0.469 e. The number of esters is 1. The molecule has 3 heteroatoms. The van der Waals surface area contributed by atoms with Gasteiger partial charge in [-0.05, 0) is 31.7 Å². The lowest BCUT2D eigenvalue weighted by molar-refractivity contribution is -0.147. The van der Waals surface area contributed by atoms with E-state index in [1.54, 1.807) is 0 Å². The van der Waals surface area contributed by atoms with E-state index < -0.39 is 0 Å². The second kappa shape index (κ2) is 4.30. The summed E-state index contributed by atoms with van der Waals surface area (Å²) in [6.45, 7) is 1.06. The molecule has 0 bridgehead atoms. The van der Waals surface area contributed by atoms with E-state index in [0.29, 0.717) is 6.04 Å². The normalized spacial score (nSPS) is 32.6. The summed E-state index contributed by atoms with van der Waals surface area (Å²) in [5.41, 5.74) is 0. The fourth-order valence-corrected chi connectivity index (χ4v) is 2.35. The molecule has 0 spiro atoms. The first-order chi connectivity index (χ1) is 6.81. The Labute approximate surface area is 85.2 Å². The Morgan fingerprint density at radius 2 is 2.21 bits per heavy atom. The maximum Gasteiger partial charge on any atom is 0.310 e. The van der Waals surface area contributed by atoms with Gasteiger partial charge in [-0.2, -0.15) is 0 Å². The van der Waals surface area contributed by atoms with Gasteiger partial charge in [-0.25, -0.2) is 0 Å². The first-order valence-electron chi connectivity index (χ1n) is 5.62. The van der Waals surface area contributed by atoms with Crippen molar-refractivity contribution in [3.05, 3.63) is 0 Å². The van der Waals surface area contributed by atoms with E-state index in [1.165, 1.54) is 26.4 Å². The number of ether oxygens (including phenoxy) is 1. The van der Waals surface area contributed by atoms with Gasteiger partial charge in [-0.15, -0.1) is 0 Å². The highest BCUT2D eigenvalue weighted by Gasteiger charge is 2.35. The number of piperidine rings is 1. The van der Waals surface area contributed by atoms with Crippen molar-refractivity contribution in [3.8, 4) is 0 Å². The maximum atomic E-state index is 11.5. The number of carbonyl (C=O) groups is 1. The fraction of sp³-hybridized carbons (Fsp3) is 0.909. The predicted molar refractivity (Wildman–Crippen MR) is 53.9 cm³/mol. The van der Waals surface area contributed by atoms with Crippen LogP contribution in [0.3, 0.4) is 0 Å². The van der Waals surface area contributed by atoms with E-state index in [0.717, 1.165) is 25.3 Å². The quantitative estimate of drug-likeness (QED) is 0.694. The zero-order valence-corrected chi connectivity index (χ0v) is 8.79. The molecule has 1 saturated heterocycles. The highest BCUT2D eigenvalue weighted by Crippen LogP contribution is 2.36. The Balaban J connectivity index is 1.91. The lowest BCUT2D eigenvalue weighted by Gasteiger charge is -2.30. The van der Waals surface area contributed by atoms with Crippen molar-refractivity contribution in [2.24, 2.45) is 11.8 Å². The van der Waals surface area contributed by atoms with Gasteiger partial charge >= 0.3 is 5.97 Å². The Morgan fingerprint density at radius 3 is 2.86 bits per heavy atom. The minimum Gasteiger partial charge on any atom is -0.469 e. The third kappa shape index (κ3) is 2.27. The molecule has 0 amide bonds. The minimum atomic E-state index is -0.0251. The lowest BCUT2D eigenvalue weighted by Crippen LogP contribution is -2.45. The SMILES string of the molecule is COC(=O)C1CCCNC1CC1CC1. The van der Waals surface area contributed by atoms with Crippen LogP contribution in [-0.4, -0.2) is 25.7 Å². The first kappa shape index (κ1) is 9.97. The van der Waals surface area contributed by atoms with Crippen LogP contribution in [0.4, 0.5) is 0 Å². The zero-order valence-electron chi connectivity index (χ0n) is 8.79. The van der Waals surface area contributed by atoms with Gasteiger partial charge in [0.2, 0.25) is 0 Å². The van der Waals surface area contributed by atoms with E-state index in [1.807, 2.05) is 0 Å². The van der Waals surface area contributed by atoms with Gasteiger partial charge in [0.25, 0.3) is 0 Å². The molecule has 2 atom stereocenters. The van der Waals surface area contributed by atoms with Crippen molar-refractivity contribution in [1.82, 2.24) is 5.32 Å². The van der Waals surface area contributed by atoms with E-state index >= 15 is 0 Å². The van der Waals surface area contributed by atoms with E-state index in [9.17, 15) is 4.79 Å². The number of hydrogen-bond donors (Lipinski definition) is 1. The van der Waals surface area contributed by atoms with Crippen LogP contribution in [0.1, 0.15) is 32.1 Å². The van der Waals surface area contributed by atoms with Gasteiger partial charge in [-0.3, -0.25) is 4.79 Å². The molecule has 14 heavy (non-hydrogen) atoms. The van der Waals surface area contributed by atoms with E-state index in [4.69, 9.17) is 4.74 Å². The Bertz CT molecular complexity index is 213. The summed E-state index contributed by atoms with van der Waals surface area (Å²) in [4.78, 5) is 11.5. The van der Waals surface area contributed by atoms with E-state index in [-0.39, 0.29) is 11.9 Å². The van der Waals surface area contributed by atoms with Gasteiger partial charge in [0.1, 0.15) is 0 Å². The second-order valence-electron chi connectivity index (χ2n) is 4.51. The third-order valence-electron chi connectivity index (χ3n) is 3.37. The molecule has 0 radical (unpaired) electrons. The number of rotatable bonds is 3. The summed E-state index contributed by atoms with van der Waals surface area (Å²) >= 11 is 0. The highest BCUT2D eigenvalue weighted by molar-refractivity contribution is 5.73. The van der Waals surface area contributed by atoms with Gasteiger partial charge in [-0.1, -0.05) is 12.8 Å². The molecule has 0 aromatic carbocycles. The van der Waals surface area contributed by atoms with Gasteiger partial charge < -0.3 is 10.1 Å². The van der Waals surface area contributed by atoms with E-state index in [2.05, 4.69) is 5.32 Å². The van der Waals surface area contributed by atoms with Crippen LogP contribution < -0.4 is 5.32 Å². The summed E-state index contributed by atoms with van der Waals surface area (Å²) in [7, 11) is 1.49. The lowest BCUT2D eigenvalue weighted by atomic mass is 9.87. The molecule has 1 saturated carbocycles. The third-order valence-corrected chi connectivity index (χ3v) is 3.37. The average Bonchev–Trinajstić information content (AvgIpc) is 3.01. The van der Waals surface area contributed by atoms with Gasteiger partial charge in [0.05, 0.1) is 13.0 Å². The molecule has 0 aromatic rings. The summed E-state index contributed by atoms with van der Waals surface area (Å²) < 4.78 is 4.84. The van der Waals surface area contributed by atoms with Gasteiger partial charge in [0, 0.05) is 6.04 Å². The molecule has 1 aliphatic carbocycles. The summed E-state index contributed by atoms with van der Waals surface area (Å²) in [5, 5.41) is 3.45. The summed E-state index contributed by atoms with van der Waals surface area (Å²) in [6.07, 6.45) is 5.97. The van der Waals surface area contributed by atoms with Crippen LogP contribution in [0.15, 0.2) is 0 Å². The highest BCUT2D eigenvalue weighted by atomic mass is 16.5. The zero-order chi connectivity index (χ0) is 9.97. The molecule has 80 valence electrons. The molecule has 1 N–H and O–H groups in total. The number of nitrogens with one attached hydrogen (secondary N) is 1. The van der Waals surface area contributed by atoms with Crippen LogP contribution >= 0.6 is 0 Å². The smallest absolute Gasteiger partial charge is 0.310 e. The van der Waals surface area contributed by atoms with Crippen LogP contribution in [0.5, 0.6) is 0 Å². The molecule has 1 heterocycles. The second-order valence-corrected chi connectivity index (χ2v) is 4.51. The molecule has 2 unspecified atom stereocenters. The van der Waals surface area contributed by atoms with Crippen molar-refractivity contribution in [1.29, 1.82) is 0 Å². The molecule has 2 rings (SSSR count). The van der Waals surface area contributed by atoms with Crippen molar-refractivity contribution >= 4 is 5.97 Å². The first-order valence-corrected chi connectivity index (χ1v) is 5.62. The van der Waals surface area contributed by atoms with Crippen LogP contribution in [-0.2, 0) is 9.53 Å². The Kier molecular flexibility index (Phi) is 3.06. The minimum absolute atomic E-state index is 0.0251. The van der Waals surface area contributed by atoms with Crippen molar-refractivity contribution in [3.63, 3.8) is 0 Å². The standard InChI is InChI=1S/C11H19NO2/c1-14-11(13)9-3-2-6-12-10(9)7-8-4-5-8/h8-10,12H,2-7H2,1H3. The summed E-state index contributed by atoms with van der Waals surface area (Å²) in [5.74, 6) is 0.954. The fourth-order valence-electron chi connectivity index (χ4n) is 2.35. The molecule has 2 fully saturated rings. The van der Waals surface area contributed by atoms with Crippen LogP contribution in [0.25, 0.3) is 0 Å². The Hall–Kier alpha value is -0.570. The van der Waals surface area contributed by atoms with Crippen molar-refractivity contribution < 1.29 is 9.53 Å². The Morgan fingerprint density at radius 1 is 1.43 bits per heavy atom. The maximum absolute atomic E-state index is 11.5. The number of methoxy groups -OCH3 is 1. The predicted octanol–water partition coefficient (Wildman–Crippen LogP) is 1.33. The number of hydrogen-bond acceptors (Lipinski definition) is 3. The van der Waals surface area contributed by atoms with Crippen LogP contribution in [0.2, 0.25) is 0 Å². The molecule has 2 aliphatic rings. The molecule has 1 aliphatic heterocycles. The monoisotopic (exact) mass is 197 g/mol. The van der Waals surface area contributed by atoms with Crippen LogP contribution in [0, 0.1) is 11.8 Å². The molecule has 0 aromatic heterocycles. The van der Waals surface area contributed by atoms with Crippen molar-refractivity contribution in [2.45, 2.75) is 38.1 Å². The molecular formula is C11H19NO2. The average molecular weight is 197 g/mol. The summed E-state index contributed by atoms with van der Waals surface area (Å²) in [6, 6.07) is 0.378. The number of carbonyl (C=O) groups excluding carboxylic acids is 1. The topological polar surface area (TPSA) is 38.3 Å². The molecular weight excluding hydrogens is 178 g/mol. The molecule has 3 nitrogen and oxygen atoms in total. The van der Waals surface area contributed by atoms with Crippen molar-refractivity contribution in [2.75, 3.05) is 13.7 Å². The van der Waals surface area contributed by atoms with Gasteiger partial charge in [0.15, 0.2) is 0 Å².